The maximum Gasteiger partial charge on any atom is 0.305 e. The van der Waals surface area contributed by atoms with Gasteiger partial charge in [-0.15, -0.1) is 0 Å². The normalized spacial score (nSPS) is 18.3. The highest BCUT2D eigenvalue weighted by Crippen LogP contribution is 2.23. The van der Waals surface area contributed by atoms with Crippen molar-refractivity contribution in [3.63, 3.8) is 0 Å². The third-order valence-corrected chi connectivity index (χ3v) is 16.8. The first kappa shape index (κ1) is 77.2. The van der Waals surface area contributed by atoms with Gasteiger partial charge in [-0.05, 0) is 44.9 Å². The van der Waals surface area contributed by atoms with Crippen molar-refractivity contribution in [2.24, 2.45) is 0 Å². The lowest BCUT2D eigenvalue weighted by molar-refractivity contribution is -0.302. The maximum atomic E-state index is 13.0. The molecule has 0 aromatic rings. The van der Waals surface area contributed by atoms with Gasteiger partial charge in [0, 0.05) is 12.8 Å². The average Bonchev–Trinajstić information content (AvgIpc) is 3.46. The molecule has 1 saturated heterocycles. The van der Waals surface area contributed by atoms with Gasteiger partial charge < -0.3 is 45.1 Å². The summed E-state index contributed by atoms with van der Waals surface area (Å²) in [6.07, 6.45) is 64.8. The molecule has 0 bridgehead atoms. The first-order chi connectivity index (χ1) is 39.7. The number of hydrogen-bond donors (Lipinski definition) is 6. The number of aliphatic hydroxyl groups is 5. The third kappa shape index (κ3) is 49.0. The molecular formula is C70H133NO10. The first-order valence-electron chi connectivity index (χ1n) is 35.1. The molecule has 1 amide bonds. The van der Waals surface area contributed by atoms with Crippen molar-refractivity contribution in [2.45, 2.75) is 391 Å². The van der Waals surface area contributed by atoms with Crippen LogP contribution < -0.4 is 5.32 Å². The van der Waals surface area contributed by atoms with Gasteiger partial charge in [0.1, 0.15) is 24.4 Å². The molecule has 0 saturated carbocycles. The number of allylic oxidation sites excluding steroid dienone is 3. The van der Waals surface area contributed by atoms with Crippen molar-refractivity contribution in [2.75, 3.05) is 19.8 Å². The summed E-state index contributed by atoms with van der Waals surface area (Å²) in [5.41, 5.74) is 0. The number of hydrogen-bond acceptors (Lipinski definition) is 10. The summed E-state index contributed by atoms with van der Waals surface area (Å²) in [5.74, 6) is -0.174. The van der Waals surface area contributed by atoms with Crippen LogP contribution in [0.3, 0.4) is 0 Å². The highest BCUT2D eigenvalue weighted by atomic mass is 16.7. The Morgan fingerprint density at radius 2 is 0.802 bits per heavy atom. The fourth-order valence-electron chi connectivity index (χ4n) is 11.3. The Morgan fingerprint density at radius 3 is 1.22 bits per heavy atom. The van der Waals surface area contributed by atoms with E-state index in [4.69, 9.17) is 14.2 Å². The molecule has 0 aromatic carbocycles. The number of nitrogens with one attached hydrogen (secondary N) is 1. The van der Waals surface area contributed by atoms with Crippen molar-refractivity contribution in [1.29, 1.82) is 0 Å². The number of esters is 1. The van der Waals surface area contributed by atoms with Crippen LogP contribution in [0.2, 0.25) is 0 Å². The molecule has 1 fully saturated rings. The summed E-state index contributed by atoms with van der Waals surface area (Å²) in [7, 11) is 0. The lowest BCUT2D eigenvalue weighted by Gasteiger charge is -2.40. The zero-order valence-corrected chi connectivity index (χ0v) is 53.0. The summed E-state index contributed by atoms with van der Waals surface area (Å²) >= 11 is 0. The highest BCUT2D eigenvalue weighted by molar-refractivity contribution is 5.76. The second-order valence-corrected chi connectivity index (χ2v) is 24.6. The van der Waals surface area contributed by atoms with Gasteiger partial charge in [-0.1, -0.05) is 314 Å². The van der Waals surface area contributed by atoms with Crippen LogP contribution in [0.4, 0.5) is 0 Å². The van der Waals surface area contributed by atoms with Crippen LogP contribution >= 0.6 is 0 Å². The summed E-state index contributed by atoms with van der Waals surface area (Å²) in [6.45, 7) is 4.33. The second kappa shape index (κ2) is 59.9. The molecule has 6 N–H and O–H groups in total. The number of aliphatic hydroxyl groups excluding tert-OH is 5. The van der Waals surface area contributed by atoms with E-state index >= 15 is 0 Å². The first-order valence-corrected chi connectivity index (χ1v) is 35.1. The molecule has 0 radical (unpaired) electrons. The lowest BCUT2D eigenvalue weighted by Crippen LogP contribution is -2.60. The van der Waals surface area contributed by atoms with E-state index in [2.05, 4.69) is 31.3 Å². The van der Waals surface area contributed by atoms with Gasteiger partial charge >= 0.3 is 5.97 Å². The zero-order valence-electron chi connectivity index (χ0n) is 53.0. The van der Waals surface area contributed by atoms with Gasteiger partial charge in [-0.3, -0.25) is 9.59 Å². The number of carbonyl (C=O) groups is 2. The molecule has 1 aliphatic rings. The average molecular weight is 1150 g/mol. The molecular weight excluding hydrogens is 1010 g/mol. The fourth-order valence-corrected chi connectivity index (χ4v) is 11.3. The number of unbranched alkanes of at least 4 members (excludes halogenated alkanes) is 46. The Morgan fingerprint density at radius 1 is 0.444 bits per heavy atom. The van der Waals surface area contributed by atoms with Crippen LogP contribution in [0.1, 0.15) is 348 Å². The minimum atomic E-state index is -1.57. The Balaban J connectivity index is 1.91. The molecule has 1 rings (SSSR count). The van der Waals surface area contributed by atoms with E-state index in [0.717, 1.165) is 51.4 Å². The molecule has 478 valence electrons. The SMILES string of the molecule is CCCCCC/C=C/CC/C=C/C(O)C(COC1OC(CO)C(O)C(O)C1O)NC(=O)CCCCCCCCCCCCCCCCCCCCCCCCCCCCCCCCCCOC(=O)CCCCCCCCCCCCC. The van der Waals surface area contributed by atoms with Crippen LogP contribution in [-0.2, 0) is 23.8 Å². The number of ether oxygens (including phenoxy) is 3. The number of rotatable bonds is 62. The van der Waals surface area contributed by atoms with Gasteiger partial charge in [-0.2, -0.15) is 0 Å². The topological polar surface area (TPSA) is 175 Å². The standard InChI is InChI=1S/C70H133NO10/c1-3-5-7-9-11-13-37-42-46-50-54-58-66(75)79-59-55-51-47-43-39-36-34-32-30-28-26-24-22-20-18-16-15-17-19-21-23-25-27-29-31-33-35-38-41-45-49-53-57-65(74)71-62(61-80-70-69(78)68(77)67(76)64(60-72)81-70)63(73)56-52-48-44-40-14-12-10-8-6-4-2/h14,40,52,56,62-64,67-70,72-73,76-78H,3-13,15-39,41-51,53-55,57-61H2,1-2H3,(H,71,74)/b40-14+,56-52+. The number of amides is 1. The highest BCUT2D eigenvalue weighted by Gasteiger charge is 2.44. The van der Waals surface area contributed by atoms with E-state index in [9.17, 15) is 35.1 Å². The van der Waals surface area contributed by atoms with Gasteiger partial charge in [-0.25, -0.2) is 0 Å². The molecule has 81 heavy (non-hydrogen) atoms. The molecule has 1 aliphatic heterocycles. The van der Waals surface area contributed by atoms with Crippen molar-refractivity contribution in [1.82, 2.24) is 5.32 Å². The monoisotopic (exact) mass is 1150 g/mol. The van der Waals surface area contributed by atoms with Crippen molar-refractivity contribution in [3.8, 4) is 0 Å². The molecule has 7 atom stereocenters. The second-order valence-electron chi connectivity index (χ2n) is 24.6. The molecule has 0 aromatic heterocycles. The summed E-state index contributed by atoms with van der Waals surface area (Å²) in [6, 6.07) is -0.822. The van der Waals surface area contributed by atoms with Crippen molar-refractivity contribution < 1.29 is 49.3 Å². The van der Waals surface area contributed by atoms with E-state index in [1.165, 1.54) is 270 Å². The third-order valence-electron chi connectivity index (χ3n) is 16.8. The van der Waals surface area contributed by atoms with E-state index in [1.807, 2.05) is 6.08 Å². The van der Waals surface area contributed by atoms with E-state index < -0.39 is 49.5 Å². The van der Waals surface area contributed by atoms with Gasteiger partial charge in [0.25, 0.3) is 0 Å². The van der Waals surface area contributed by atoms with E-state index in [0.29, 0.717) is 19.4 Å². The Labute approximate surface area is 499 Å². The van der Waals surface area contributed by atoms with Crippen molar-refractivity contribution in [3.05, 3.63) is 24.3 Å². The quantitative estimate of drug-likeness (QED) is 0.0195. The van der Waals surface area contributed by atoms with Crippen LogP contribution in [0.25, 0.3) is 0 Å². The largest absolute Gasteiger partial charge is 0.466 e. The fraction of sp³-hybridized carbons (Fsp3) is 0.914. The smallest absolute Gasteiger partial charge is 0.305 e. The Bertz CT molecular complexity index is 1390. The minimum absolute atomic E-state index is 0.0135. The Kier molecular flexibility index (Phi) is 57.0. The lowest BCUT2D eigenvalue weighted by atomic mass is 9.99. The van der Waals surface area contributed by atoms with Gasteiger partial charge in [0.2, 0.25) is 5.91 Å². The molecule has 11 heteroatoms. The molecule has 0 spiro atoms. The molecule has 7 unspecified atom stereocenters. The molecule has 1 heterocycles. The predicted molar refractivity (Wildman–Crippen MR) is 338 cm³/mol. The van der Waals surface area contributed by atoms with Crippen LogP contribution in [-0.4, -0.2) is 100 Å². The van der Waals surface area contributed by atoms with Crippen LogP contribution in [0, 0.1) is 0 Å². The maximum absolute atomic E-state index is 13.0. The van der Waals surface area contributed by atoms with Gasteiger partial charge in [0.05, 0.1) is 32.0 Å². The van der Waals surface area contributed by atoms with Crippen molar-refractivity contribution >= 4 is 11.9 Å². The van der Waals surface area contributed by atoms with Crippen LogP contribution in [0.5, 0.6) is 0 Å². The van der Waals surface area contributed by atoms with E-state index in [-0.39, 0.29) is 18.5 Å². The minimum Gasteiger partial charge on any atom is -0.466 e. The predicted octanol–water partition coefficient (Wildman–Crippen LogP) is 17.6. The molecule has 0 aliphatic carbocycles. The zero-order chi connectivity index (χ0) is 58.7. The van der Waals surface area contributed by atoms with Crippen LogP contribution in [0.15, 0.2) is 24.3 Å². The number of carbonyl (C=O) groups excluding carboxylic acids is 2. The summed E-state index contributed by atoms with van der Waals surface area (Å²) < 4.78 is 16.7. The summed E-state index contributed by atoms with van der Waals surface area (Å²) in [5, 5.41) is 54.3. The van der Waals surface area contributed by atoms with Gasteiger partial charge in [0.15, 0.2) is 6.29 Å². The van der Waals surface area contributed by atoms with E-state index in [1.54, 1.807) is 6.08 Å². The Hall–Kier alpha value is -1.86. The summed E-state index contributed by atoms with van der Waals surface area (Å²) in [4.78, 5) is 25.0. The molecule has 11 nitrogen and oxygen atoms in total.